The fourth-order valence-corrected chi connectivity index (χ4v) is 4.02. The first kappa shape index (κ1) is 16.8. The lowest BCUT2D eigenvalue weighted by atomic mass is 9.97. The van der Waals surface area contributed by atoms with Crippen molar-refractivity contribution in [1.29, 1.82) is 0 Å². The van der Waals surface area contributed by atoms with Crippen LogP contribution in [0.3, 0.4) is 0 Å². The number of cyclic esters (lactones) is 1. The van der Waals surface area contributed by atoms with Gasteiger partial charge >= 0.3 is 6.09 Å². The first-order valence-electron chi connectivity index (χ1n) is 9.49. The molecule has 5 rings (SSSR count). The van der Waals surface area contributed by atoms with E-state index in [9.17, 15) is 4.79 Å². The largest absolute Gasteiger partial charge is 0.447 e. The Morgan fingerprint density at radius 3 is 2.79 bits per heavy atom. The minimum atomic E-state index is -0.257. The van der Waals surface area contributed by atoms with E-state index in [1.54, 1.807) is 4.90 Å². The van der Waals surface area contributed by atoms with Gasteiger partial charge < -0.3 is 15.0 Å². The van der Waals surface area contributed by atoms with E-state index < -0.39 is 0 Å². The summed E-state index contributed by atoms with van der Waals surface area (Å²) in [5, 5.41) is 4.20. The third-order valence-electron chi connectivity index (χ3n) is 5.40. The molecule has 1 saturated heterocycles. The van der Waals surface area contributed by atoms with E-state index >= 15 is 0 Å². The van der Waals surface area contributed by atoms with Crippen molar-refractivity contribution < 1.29 is 9.53 Å². The first-order chi connectivity index (χ1) is 13.7. The summed E-state index contributed by atoms with van der Waals surface area (Å²) >= 11 is 0. The number of nitrogens with one attached hydrogen (secondary N) is 1. The molecule has 1 amide bonds. The molecule has 0 aliphatic carbocycles. The van der Waals surface area contributed by atoms with Crippen molar-refractivity contribution in [1.82, 2.24) is 9.97 Å². The number of carbonyl (C=O) groups excluding carboxylic acids is 1. The van der Waals surface area contributed by atoms with Crippen LogP contribution in [-0.4, -0.2) is 42.8 Å². The Kier molecular flexibility index (Phi) is 4.00. The molecule has 0 spiro atoms. The molecular formula is C21H21N5O2. The predicted molar refractivity (Wildman–Crippen MR) is 109 cm³/mol. The zero-order chi connectivity index (χ0) is 19.1. The van der Waals surface area contributed by atoms with Crippen LogP contribution in [0.15, 0.2) is 42.5 Å². The van der Waals surface area contributed by atoms with Gasteiger partial charge in [-0.25, -0.2) is 9.78 Å². The van der Waals surface area contributed by atoms with E-state index in [1.807, 2.05) is 43.4 Å². The van der Waals surface area contributed by atoms with Gasteiger partial charge in [-0.3, -0.25) is 4.90 Å². The van der Waals surface area contributed by atoms with Gasteiger partial charge in [0, 0.05) is 25.5 Å². The predicted octanol–water partition coefficient (Wildman–Crippen LogP) is 3.19. The summed E-state index contributed by atoms with van der Waals surface area (Å²) < 4.78 is 5.12. The van der Waals surface area contributed by atoms with Gasteiger partial charge in [-0.15, -0.1) is 0 Å². The fraction of sp³-hybridized carbons (Fsp3) is 0.286. The second-order valence-corrected chi connectivity index (χ2v) is 6.99. The maximum absolute atomic E-state index is 12.0. The average molecular weight is 375 g/mol. The highest BCUT2D eigenvalue weighted by molar-refractivity contribution is 5.91. The van der Waals surface area contributed by atoms with Crippen LogP contribution in [0.1, 0.15) is 11.1 Å². The number of benzene rings is 2. The molecule has 142 valence electrons. The van der Waals surface area contributed by atoms with Crippen LogP contribution in [0.25, 0.3) is 10.9 Å². The molecule has 1 N–H and O–H groups in total. The number of fused-ring (bicyclic) bond motifs is 2. The van der Waals surface area contributed by atoms with Crippen molar-refractivity contribution in [3.63, 3.8) is 0 Å². The van der Waals surface area contributed by atoms with Gasteiger partial charge in [0.15, 0.2) is 0 Å². The minimum absolute atomic E-state index is 0.257. The lowest BCUT2D eigenvalue weighted by molar-refractivity contribution is 0.181. The molecule has 7 nitrogen and oxygen atoms in total. The van der Waals surface area contributed by atoms with Gasteiger partial charge in [0.2, 0.25) is 5.95 Å². The maximum Gasteiger partial charge on any atom is 0.414 e. The molecule has 3 heterocycles. The monoisotopic (exact) mass is 375 g/mol. The molecule has 1 aromatic heterocycles. The zero-order valence-corrected chi connectivity index (χ0v) is 15.7. The lowest BCUT2D eigenvalue weighted by Crippen LogP contribution is -2.34. The average Bonchev–Trinajstić information content (AvgIpc) is 3.17. The first-order valence-corrected chi connectivity index (χ1v) is 9.49. The molecule has 0 bridgehead atoms. The number of rotatable bonds is 3. The van der Waals surface area contributed by atoms with Gasteiger partial charge in [-0.05, 0) is 35.7 Å². The van der Waals surface area contributed by atoms with Crippen LogP contribution in [0.4, 0.5) is 22.2 Å². The van der Waals surface area contributed by atoms with E-state index in [2.05, 4.69) is 16.3 Å². The minimum Gasteiger partial charge on any atom is -0.447 e. The fourth-order valence-electron chi connectivity index (χ4n) is 4.02. The molecule has 3 aromatic rings. The molecular weight excluding hydrogens is 354 g/mol. The molecule has 2 aromatic carbocycles. The van der Waals surface area contributed by atoms with Gasteiger partial charge in [0.1, 0.15) is 12.4 Å². The summed E-state index contributed by atoms with van der Waals surface area (Å²) in [7, 11) is 1.88. The Morgan fingerprint density at radius 1 is 1.07 bits per heavy atom. The Labute approximate surface area is 162 Å². The molecule has 0 unspecified atom stereocenters. The van der Waals surface area contributed by atoms with Crippen molar-refractivity contribution in [3.8, 4) is 0 Å². The number of anilines is 3. The van der Waals surface area contributed by atoms with Gasteiger partial charge in [-0.2, -0.15) is 4.98 Å². The smallest absolute Gasteiger partial charge is 0.414 e. The molecule has 28 heavy (non-hydrogen) atoms. The summed E-state index contributed by atoms with van der Waals surface area (Å²) in [4.78, 5) is 25.5. The number of para-hydroxylation sites is 1. The Morgan fingerprint density at radius 2 is 1.96 bits per heavy atom. The van der Waals surface area contributed by atoms with E-state index in [-0.39, 0.29) is 6.09 Å². The van der Waals surface area contributed by atoms with Crippen molar-refractivity contribution in [3.05, 3.63) is 53.6 Å². The number of nitrogens with zero attached hydrogens (tertiary/aromatic N) is 4. The van der Waals surface area contributed by atoms with Crippen molar-refractivity contribution in [2.75, 3.05) is 41.9 Å². The van der Waals surface area contributed by atoms with Gasteiger partial charge in [0.25, 0.3) is 0 Å². The molecule has 2 aliphatic heterocycles. The Hall–Kier alpha value is -3.35. The third-order valence-corrected chi connectivity index (χ3v) is 5.40. The summed E-state index contributed by atoms with van der Waals surface area (Å²) in [6.07, 6.45) is 0.577. The van der Waals surface area contributed by atoms with E-state index in [0.29, 0.717) is 19.7 Å². The van der Waals surface area contributed by atoms with Crippen LogP contribution in [-0.2, 0) is 17.7 Å². The van der Waals surface area contributed by atoms with E-state index in [4.69, 9.17) is 14.7 Å². The zero-order valence-electron chi connectivity index (χ0n) is 15.7. The van der Waals surface area contributed by atoms with Crippen LogP contribution >= 0.6 is 0 Å². The molecule has 0 atom stereocenters. The maximum atomic E-state index is 12.0. The Bertz CT molecular complexity index is 1070. The van der Waals surface area contributed by atoms with Gasteiger partial charge in [0.05, 0.1) is 17.7 Å². The van der Waals surface area contributed by atoms with Gasteiger partial charge in [-0.1, -0.05) is 24.3 Å². The summed E-state index contributed by atoms with van der Waals surface area (Å²) in [5.74, 6) is 1.56. The SMILES string of the molecule is CNc1nc(N2CCc3c(cccc3N3CCOC3=O)C2)nc2ccccc12. The quantitative estimate of drug-likeness (QED) is 0.758. The molecule has 1 fully saturated rings. The van der Waals surface area contributed by atoms with E-state index in [1.165, 1.54) is 11.1 Å². The van der Waals surface area contributed by atoms with Crippen LogP contribution < -0.4 is 15.1 Å². The Balaban J connectivity index is 1.50. The number of hydrogen-bond donors (Lipinski definition) is 1. The lowest BCUT2D eigenvalue weighted by Gasteiger charge is -2.31. The second kappa shape index (κ2) is 6.67. The topological polar surface area (TPSA) is 70.6 Å². The molecule has 7 heteroatoms. The number of amides is 1. The highest BCUT2D eigenvalue weighted by Crippen LogP contribution is 2.32. The normalized spacial score (nSPS) is 16.2. The number of aromatic nitrogens is 2. The molecule has 2 aliphatic rings. The summed E-state index contributed by atoms with van der Waals surface area (Å²) in [6, 6.07) is 14.1. The molecule has 0 radical (unpaired) electrons. The highest BCUT2D eigenvalue weighted by Gasteiger charge is 2.29. The number of carbonyl (C=O) groups is 1. The van der Waals surface area contributed by atoms with E-state index in [0.717, 1.165) is 41.3 Å². The van der Waals surface area contributed by atoms with Crippen molar-refractivity contribution in [2.45, 2.75) is 13.0 Å². The van der Waals surface area contributed by atoms with Crippen molar-refractivity contribution in [2.24, 2.45) is 0 Å². The highest BCUT2D eigenvalue weighted by atomic mass is 16.6. The van der Waals surface area contributed by atoms with Crippen molar-refractivity contribution >= 4 is 34.4 Å². The standard InChI is InChI=1S/C21H21N5O2/c1-22-19-16-6-2-3-7-17(16)23-20(24-19)25-10-9-15-14(13-25)5-4-8-18(15)26-11-12-28-21(26)27/h2-8H,9-13H2,1H3,(H,22,23,24). The molecule has 0 saturated carbocycles. The number of hydrogen-bond acceptors (Lipinski definition) is 6. The number of ether oxygens (including phenoxy) is 1. The van der Waals surface area contributed by atoms with Crippen LogP contribution in [0.5, 0.6) is 0 Å². The second-order valence-electron chi connectivity index (χ2n) is 6.99. The van der Waals surface area contributed by atoms with Crippen LogP contribution in [0.2, 0.25) is 0 Å². The third kappa shape index (κ3) is 2.70. The summed E-state index contributed by atoms with van der Waals surface area (Å²) in [6.45, 7) is 2.58. The van der Waals surface area contributed by atoms with Crippen LogP contribution in [0, 0.1) is 0 Å². The summed E-state index contributed by atoms with van der Waals surface area (Å²) in [5.41, 5.74) is 4.31.